The van der Waals surface area contributed by atoms with Crippen molar-refractivity contribution < 1.29 is 4.42 Å². The topological polar surface area (TPSA) is 31.7 Å². The Balaban J connectivity index is 1.58. The number of rotatable bonds is 7. The zero-order valence-corrected chi connectivity index (χ0v) is 13.7. The molecule has 1 saturated heterocycles. The Morgan fingerprint density at radius 1 is 1.33 bits per heavy atom. The van der Waals surface area contributed by atoms with Crippen LogP contribution in [0.25, 0.3) is 0 Å². The molecule has 1 aliphatic carbocycles. The summed E-state index contributed by atoms with van der Waals surface area (Å²) < 4.78 is 5.92. The summed E-state index contributed by atoms with van der Waals surface area (Å²) in [6.45, 7) is 6.41. The van der Waals surface area contributed by atoms with Gasteiger partial charge in [-0.05, 0) is 59.3 Å². The van der Waals surface area contributed by atoms with Crippen LogP contribution < -0.4 is 5.32 Å². The van der Waals surface area contributed by atoms with E-state index >= 15 is 0 Å². The molecule has 1 aromatic rings. The average molecular weight is 291 g/mol. The molecule has 4 heteroatoms. The predicted octanol–water partition coefficient (Wildman–Crippen LogP) is 2.37. The van der Waals surface area contributed by atoms with Crippen LogP contribution in [0.1, 0.15) is 42.8 Å². The second kappa shape index (κ2) is 6.51. The standard InChI is InChI=1S/C17H29N3O/c1-13-14(9-17(21-13)10-18-15-6-7-15)11-20-8-4-5-16(20)12-19(2)3/h9,15-16,18H,4-8,10-12H2,1-3H3. The van der Waals surface area contributed by atoms with Gasteiger partial charge in [-0.2, -0.15) is 0 Å². The van der Waals surface area contributed by atoms with Crippen molar-refractivity contribution in [2.45, 2.75) is 57.8 Å². The van der Waals surface area contributed by atoms with Crippen LogP contribution in [0.3, 0.4) is 0 Å². The molecule has 21 heavy (non-hydrogen) atoms. The number of likely N-dealkylation sites (N-methyl/N-ethyl adjacent to an activating group) is 1. The molecule has 1 aliphatic heterocycles. The van der Waals surface area contributed by atoms with Gasteiger partial charge in [0, 0.05) is 30.7 Å². The summed E-state index contributed by atoms with van der Waals surface area (Å²) >= 11 is 0. The molecule has 0 bridgehead atoms. The minimum atomic E-state index is 0.697. The molecule has 2 fully saturated rings. The van der Waals surface area contributed by atoms with Gasteiger partial charge in [0.2, 0.25) is 0 Å². The first-order valence-corrected chi connectivity index (χ1v) is 8.32. The lowest BCUT2D eigenvalue weighted by Crippen LogP contribution is -2.37. The van der Waals surface area contributed by atoms with Crippen molar-refractivity contribution in [2.75, 3.05) is 27.2 Å². The molecule has 1 atom stereocenters. The molecule has 118 valence electrons. The van der Waals surface area contributed by atoms with Gasteiger partial charge in [-0.15, -0.1) is 0 Å². The van der Waals surface area contributed by atoms with E-state index in [-0.39, 0.29) is 0 Å². The summed E-state index contributed by atoms with van der Waals surface area (Å²) in [7, 11) is 4.34. The van der Waals surface area contributed by atoms with Crippen molar-refractivity contribution in [3.8, 4) is 0 Å². The highest BCUT2D eigenvalue weighted by atomic mass is 16.3. The van der Waals surface area contributed by atoms with Gasteiger partial charge in [0.1, 0.15) is 11.5 Å². The molecule has 0 radical (unpaired) electrons. The van der Waals surface area contributed by atoms with Gasteiger partial charge in [-0.1, -0.05) is 0 Å². The molecule has 1 aromatic heterocycles. The molecule has 1 saturated carbocycles. The highest BCUT2D eigenvalue weighted by molar-refractivity contribution is 5.21. The maximum absolute atomic E-state index is 5.92. The highest BCUT2D eigenvalue weighted by Crippen LogP contribution is 2.24. The third-order valence-corrected chi connectivity index (χ3v) is 4.66. The maximum Gasteiger partial charge on any atom is 0.118 e. The second-order valence-corrected chi connectivity index (χ2v) is 6.98. The fourth-order valence-electron chi connectivity index (χ4n) is 3.31. The normalized spacial score (nSPS) is 23.3. The fourth-order valence-corrected chi connectivity index (χ4v) is 3.31. The molecule has 3 rings (SSSR count). The number of hydrogen-bond donors (Lipinski definition) is 1. The Morgan fingerprint density at radius 2 is 2.14 bits per heavy atom. The lowest BCUT2D eigenvalue weighted by Gasteiger charge is -2.26. The minimum absolute atomic E-state index is 0.697. The van der Waals surface area contributed by atoms with E-state index in [4.69, 9.17) is 4.42 Å². The van der Waals surface area contributed by atoms with Gasteiger partial charge >= 0.3 is 0 Å². The Labute approximate surface area is 128 Å². The van der Waals surface area contributed by atoms with Crippen LogP contribution in [0.15, 0.2) is 10.5 Å². The summed E-state index contributed by atoms with van der Waals surface area (Å²) in [4.78, 5) is 4.92. The minimum Gasteiger partial charge on any atom is -0.465 e. The van der Waals surface area contributed by atoms with E-state index in [1.807, 2.05) is 0 Å². The van der Waals surface area contributed by atoms with Crippen LogP contribution in [0.2, 0.25) is 0 Å². The Kier molecular flexibility index (Phi) is 4.67. The van der Waals surface area contributed by atoms with E-state index in [0.29, 0.717) is 6.04 Å². The molecular formula is C17H29N3O. The maximum atomic E-state index is 5.92. The van der Waals surface area contributed by atoms with Crippen molar-refractivity contribution in [1.82, 2.24) is 15.1 Å². The quantitative estimate of drug-likeness (QED) is 0.836. The van der Waals surface area contributed by atoms with Crippen molar-refractivity contribution >= 4 is 0 Å². The second-order valence-electron chi connectivity index (χ2n) is 6.98. The van der Waals surface area contributed by atoms with Gasteiger partial charge in [0.15, 0.2) is 0 Å². The highest BCUT2D eigenvalue weighted by Gasteiger charge is 2.26. The first kappa shape index (κ1) is 15.1. The van der Waals surface area contributed by atoms with E-state index in [0.717, 1.165) is 37.2 Å². The summed E-state index contributed by atoms with van der Waals surface area (Å²) in [5.74, 6) is 2.19. The molecule has 4 nitrogen and oxygen atoms in total. The molecule has 0 amide bonds. The molecule has 0 spiro atoms. The summed E-state index contributed by atoms with van der Waals surface area (Å²) in [5.41, 5.74) is 1.37. The molecule has 2 heterocycles. The SMILES string of the molecule is Cc1oc(CNC2CC2)cc1CN1CCCC1CN(C)C. The van der Waals surface area contributed by atoms with E-state index < -0.39 is 0 Å². The van der Waals surface area contributed by atoms with Crippen LogP contribution in [-0.2, 0) is 13.1 Å². The fraction of sp³-hybridized carbons (Fsp3) is 0.765. The number of nitrogens with one attached hydrogen (secondary N) is 1. The molecule has 2 aliphatic rings. The van der Waals surface area contributed by atoms with E-state index in [2.05, 4.69) is 42.2 Å². The Morgan fingerprint density at radius 3 is 2.86 bits per heavy atom. The van der Waals surface area contributed by atoms with Crippen molar-refractivity contribution in [2.24, 2.45) is 0 Å². The molecule has 1 N–H and O–H groups in total. The number of hydrogen-bond acceptors (Lipinski definition) is 4. The summed E-state index contributed by atoms with van der Waals surface area (Å²) in [5, 5.41) is 3.53. The summed E-state index contributed by atoms with van der Waals surface area (Å²) in [6, 6.07) is 3.69. The largest absolute Gasteiger partial charge is 0.465 e. The van der Waals surface area contributed by atoms with E-state index in [9.17, 15) is 0 Å². The summed E-state index contributed by atoms with van der Waals surface area (Å²) in [6.07, 6.45) is 5.30. The Hall–Kier alpha value is -0.840. The monoisotopic (exact) mass is 291 g/mol. The number of aryl methyl sites for hydroxylation is 1. The van der Waals surface area contributed by atoms with Gasteiger partial charge in [-0.3, -0.25) is 4.90 Å². The van der Waals surface area contributed by atoms with Crippen molar-refractivity contribution in [3.05, 3.63) is 23.2 Å². The van der Waals surface area contributed by atoms with E-state index in [1.54, 1.807) is 0 Å². The third-order valence-electron chi connectivity index (χ3n) is 4.66. The predicted molar refractivity (Wildman–Crippen MR) is 85.3 cm³/mol. The molecule has 0 aromatic carbocycles. The van der Waals surface area contributed by atoms with Crippen molar-refractivity contribution in [1.29, 1.82) is 0 Å². The van der Waals surface area contributed by atoms with Crippen LogP contribution in [0.5, 0.6) is 0 Å². The first-order chi connectivity index (χ1) is 10.1. The van der Waals surface area contributed by atoms with Gasteiger partial charge in [0.05, 0.1) is 6.54 Å². The Bertz CT molecular complexity index is 465. The van der Waals surface area contributed by atoms with E-state index in [1.165, 1.54) is 37.8 Å². The van der Waals surface area contributed by atoms with Gasteiger partial charge in [-0.25, -0.2) is 0 Å². The average Bonchev–Trinajstić information content (AvgIpc) is 3.07. The van der Waals surface area contributed by atoms with Crippen LogP contribution in [0.4, 0.5) is 0 Å². The first-order valence-electron chi connectivity index (χ1n) is 8.32. The zero-order valence-electron chi connectivity index (χ0n) is 13.7. The number of furan rings is 1. The third kappa shape index (κ3) is 4.09. The van der Waals surface area contributed by atoms with Crippen LogP contribution >= 0.6 is 0 Å². The smallest absolute Gasteiger partial charge is 0.118 e. The number of nitrogens with zero attached hydrogens (tertiary/aromatic N) is 2. The lowest BCUT2D eigenvalue weighted by atomic mass is 10.2. The molecular weight excluding hydrogens is 262 g/mol. The molecule has 1 unspecified atom stereocenters. The van der Waals surface area contributed by atoms with Crippen LogP contribution in [-0.4, -0.2) is 49.1 Å². The van der Waals surface area contributed by atoms with Gasteiger partial charge in [0.25, 0.3) is 0 Å². The van der Waals surface area contributed by atoms with Crippen LogP contribution in [0, 0.1) is 6.92 Å². The van der Waals surface area contributed by atoms with Crippen molar-refractivity contribution in [3.63, 3.8) is 0 Å². The number of likely N-dealkylation sites (tertiary alicyclic amines) is 1. The lowest BCUT2D eigenvalue weighted by molar-refractivity contribution is 0.200. The zero-order chi connectivity index (χ0) is 14.8. The van der Waals surface area contributed by atoms with Gasteiger partial charge < -0.3 is 14.6 Å².